The van der Waals surface area contributed by atoms with Gasteiger partial charge in [0.15, 0.2) is 0 Å². The van der Waals surface area contributed by atoms with Crippen LogP contribution in [0.5, 0.6) is 0 Å². The second kappa shape index (κ2) is 6.97. The van der Waals surface area contributed by atoms with Crippen molar-refractivity contribution >= 4 is 5.97 Å². The topological polar surface area (TPSA) is 47.6 Å². The zero-order chi connectivity index (χ0) is 12.7. The van der Waals surface area contributed by atoms with Gasteiger partial charge in [0.25, 0.3) is 0 Å². The molecule has 0 aromatic heterocycles. The molecule has 1 fully saturated rings. The third-order valence-electron chi connectivity index (χ3n) is 3.45. The molecule has 0 amide bonds. The summed E-state index contributed by atoms with van der Waals surface area (Å²) >= 11 is 0. The minimum absolute atomic E-state index is 0.134. The van der Waals surface area contributed by atoms with Crippen LogP contribution in [0.1, 0.15) is 40.0 Å². The number of hydrogen-bond donors (Lipinski definition) is 1. The predicted octanol–water partition coefficient (Wildman–Crippen LogP) is 1.73. The average molecular weight is 243 g/mol. The van der Waals surface area contributed by atoms with Gasteiger partial charge in [-0.15, -0.1) is 0 Å². The van der Waals surface area contributed by atoms with Crippen LogP contribution in [0.25, 0.3) is 0 Å². The predicted molar refractivity (Wildman–Crippen MR) is 66.9 cm³/mol. The van der Waals surface area contributed by atoms with Crippen LogP contribution in [0.15, 0.2) is 0 Å². The number of nitrogens with one attached hydrogen (secondary N) is 1. The van der Waals surface area contributed by atoms with Crippen LogP contribution >= 0.6 is 0 Å². The Morgan fingerprint density at radius 3 is 2.59 bits per heavy atom. The Bertz CT molecular complexity index is 237. The molecule has 0 aromatic rings. The van der Waals surface area contributed by atoms with Gasteiger partial charge in [0.05, 0.1) is 6.61 Å². The quantitative estimate of drug-likeness (QED) is 0.722. The summed E-state index contributed by atoms with van der Waals surface area (Å²) in [5.74, 6) is -0.134. The summed E-state index contributed by atoms with van der Waals surface area (Å²) in [6, 6.07) is -0.172. The first kappa shape index (κ1) is 14.5. The van der Waals surface area contributed by atoms with Crippen molar-refractivity contribution < 1.29 is 14.3 Å². The molecular formula is C13H25NO3. The van der Waals surface area contributed by atoms with Crippen molar-refractivity contribution in [2.45, 2.75) is 46.1 Å². The van der Waals surface area contributed by atoms with Gasteiger partial charge in [0.2, 0.25) is 0 Å². The van der Waals surface area contributed by atoms with Gasteiger partial charge < -0.3 is 14.8 Å². The molecule has 1 aliphatic heterocycles. The molecule has 0 aromatic carbocycles. The van der Waals surface area contributed by atoms with E-state index in [2.05, 4.69) is 12.2 Å². The zero-order valence-corrected chi connectivity index (χ0v) is 11.3. The van der Waals surface area contributed by atoms with Crippen molar-refractivity contribution in [3.8, 4) is 0 Å². The van der Waals surface area contributed by atoms with Crippen LogP contribution < -0.4 is 5.32 Å². The minimum atomic E-state index is -0.172. The van der Waals surface area contributed by atoms with E-state index in [1.807, 2.05) is 13.8 Å². The van der Waals surface area contributed by atoms with Crippen molar-refractivity contribution in [2.24, 2.45) is 5.41 Å². The summed E-state index contributed by atoms with van der Waals surface area (Å²) in [5, 5.41) is 3.33. The molecule has 1 heterocycles. The van der Waals surface area contributed by atoms with E-state index < -0.39 is 0 Å². The molecule has 1 N–H and O–H groups in total. The molecule has 1 saturated heterocycles. The molecule has 4 heteroatoms. The van der Waals surface area contributed by atoms with Gasteiger partial charge in [-0.05, 0) is 31.6 Å². The van der Waals surface area contributed by atoms with E-state index in [1.165, 1.54) is 0 Å². The van der Waals surface area contributed by atoms with Crippen LogP contribution in [-0.4, -0.2) is 38.4 Å². The molecule has 0 aliphatic carbocycles. The molecule has 1 aliphatic rings. The van der Waals surface area contributed by atoms with Gasteiger partial charge in [-0.1, -0.05) is 13.8 Å². The fourth-order valence-electron chi connectivity index (χ4n) is 2.05. The Morgan fingerprint density at radius 1 is 1.41 bits per heavy atom. The van der Waals surface area contributed by atoms with Gasteiger partial charge in [-0.2, -0.15) is 0 Å². The first-order valence-electron chi connectivity index (χ1n) is 6.59. The van der Waals surface area contributed by atoms with Crippen molar-refractivity contribution in [3.05, 3.63) is 0 Å². The number of carbonyl (C=O) groups excluding carboxylic acids is 1. The molecular weight excluding hydrogens is 218 g/mol. The number of hydrogen-bond acceptors (Lipinski definition) is 4. The number of ether oxygens (including phenoxy) is 2. The summed E-state index contributed by atoms with van der Waals surface area (Å²) in [6.45, 7) is 9.05. The van der Waals surface area contributed by atoms with Crippen molar-refractivity contribution in [1.29, 1.82) is 0 Å². The molecule has 100 valence electrons. The maximum Gasteiger partial charge on any atom is 0.323 e. The lowest BCUT2D eigenvalue weighted by atomic mass is 9.82. The third kappa shape index (κ3) is 4.64. The van der Waals surface area contributed by atoms with Crippen molar-refractivity contribution in [1.82, 2.24) is 5.32 Å². The lowest BCUT2D eigenvalue weighted by Gasteiger charge is -2.34. The normalized spacial score (nSPS) is 20.9. The number of carbonyl (C=O) groups is 1. The molecule has 17 heavy (non-hydrogen) atoms. The Hall–Kier alpha value is -0.610. The Labute approximate surface area is 104 Å². The SMILES string of the molecule is CCOC(=O)C(CC)NCC1(C)CCOCC1. The lowest BCUT2D eigenvalue weighted by molar-refractivity contribution is -0.145. The van der Waals surface area contributed by atoms with E-state index in [0.29, 0.717) is 6.61 Å². The van der Waals surface area contributed by atoms with Crippen molar-refractivity contribution in [3.63, 3.8) is 0 Å². The van der Waals surface area contributed by atoms with Crippen LogP contribution in [0.2, 0.25) is 0 Å². The van der Waals surface area contributed by atoms with E-state index in [-0.39, 0.29) is 17.4 Å². The average Bonchev–Trinajstić information content (AvgIpc) is 2.31. The zero-order valence-electron chi connectivity index (χ0n) is 11.3. The molecule has 0 spiro atoms. The summed E-state index contributed by atoms with van der Waals surface area (Å²) in [4.78, 5) is 11.6. The lowest BCUT2D eigenvalue weighted by Crippen LogP contribution is -2.45. The molecule has 1 rings (SSSR count). The molecule has 1 atom stereocenters. The number of esters is 1. The highest BCUT2D eigenvalue weighted by Crippen LogP contribution is 2.28. The second-order valence-corrected chi connectivity index (χ2v) is 5.02. The monoisotopic (exact) mass is 243 g/mol. The summed E-state index contributed by atoms with van der Waals surface area (Å²) < 4.78 is 10.4. The summed E-state index contributed by atoms with van der Waals surface area (Å²) in [7, 11) is 0. The van der Waals surface area contributed by atoms with Crippen LogP contribution in [0, 0.1) is 5.41 Å². The molecule has 0 saturated carbocycles. The van der Waals surface area contributed by atoms with Gasteiger partial charge in [-0.3, -0.25) is 4.79 Å². The highest BCUT2D eigenvalue weighted by atomic mass is 16.5. The van der Waals surface area contributed by atoms with Gasteiger partial charge >= 0.3 is 5.97 Å². The first-order valence-corrected chi connectivity index (χ1v) is 6.59. The molecule has 0 bridgehead atoms. The smallest absolute Gasteiger partial charge is 0.323 e. The van der Waals surface area contributed by atoms with Crippen LogP contribution in [-0.2, 0) is 14.3 Å². The fraction of sp³-hybridized carbons (Fsp3) is 0.923. The molecule has 0 radical (unpaired) electrons. The van der Waals surface area contributed by atoms with E-state index in [0.717, 1.165) is 39.0 Å². The maximum absolute atomic E-state index is 11.6. The molecule has 4 nitrogen and oxygen atoms in total. The van der Waals surface area contributed by atoms with Crippen LogP contribution in [0.4, 0.5) is 0 Å². The Morgan fingerprint density at radius 2 is 2.06 bits per heavy atom. The van der Waals surface area contributed by atoms with E-state index in [4.69, 9.17) is 9.47 Å². The van der Waals surface area contributed by atoms with E-state index in [9.17, 15) is 4.79 Å². The van der Waals surface area contributed by atoms with E-state index in [1.54, 1.807) is 0 Å². The first-order chi connectivity index (χ1) is 8.11. The summed E-state index contributed by atoms with van der Waals surface area (Å²) in [5.41, 5.74) is 0.248. The second-order valence-electron chi connectivity index (χ2n) is 5.02. The summed E-state index contributed by atoms with van der Waals surface area (Å²) in [6.07, 6.45) is 2.88. The minimum Gasteiger partial charge on any atom is -0.465 e. The fourth-order valence-corrected chi connectivity index (χ4v) is 2.05. The highest BCUT2D eigenvalue weighted by Gasteiger charge is 2.29. The van der Waals surface area contributed by atoms with Gasteiger partial charge in [0, 0.05) is 19.8 Å². The van der Waals surface area contributed by atoms with Gasteiger partial charge in [-0.25, -0.2) is 0 Å². The Kier molecular flexibility index (Phi) is 5.92. The number of rotatable bonds is 6. The molecule has 1 unspecified atom stereocenters. The van der Waals surface area contributed by atoms with Crippen molar-refractivity contribution in [2.75, 3.05) is 26.4 Å². The van der Waals surface area contributed by atoms with E-state index >= 15 is 0 Å². The Balaban J connectivity index is 2.38. The van der Waals surface area contributed by atoms with Gasteiger partial charge in [0.1, 0.15) is 6.04 Å². The van der Waals surface area contributed by atoms with Crippen LogP contribution in [0.3, 0.4) is 0 Å². The standard InChI is InChI=1S/C13H25NO3/c1-4-11(12(15)17-5-2)14-10-13(3)6-8-16-9-7-13/h11,14H,4-10H2,1-3H3. The largest absolute Gasteiger partial charge is 0.465 e. The maximum atomic E-state index is 11.6. The highest BCUT2D eigenvalue weighted by molar-refractivity contribution is 5.75. The third-order valence-corrected chi connectivity index (χ3v) is 3.45.